The average Bonchev–Trinajstić information content (AvgIpc) is 2.13. The summed E-state index contributed by atoms with van der Waals surface area (Å²) in [6, 6.07) is 0. The lowest BCUT2D eigenvalue weighted by atomic mass is 10.9. The van der Waals surface area contributed by atoms with Crippen molar-refractivity contribution in [3.05, 3.63) is 0 Å². The van der Waals surface area contributed by atoms with E-state index in [9.17, 15) is 0 Å². The van der Waals surface area contributed by atoms with Gasteiger partial charge in [-0.25, -0.2) is 0 Å². The molecular weight excluding hydrogens is 255 g/mol. The van der Waals surface area contributed by atoms with Crippen molar-refractivity contribution in [1.82, 2.24) is 0 Å². The van der Waals surface area contributed by atoms with Gasteiger partial charge in [-0.1, -0.05) is 25.2 Å². The molecule has 0 aromatic rings. The minimum absolute atomic E-state index is 0.644. The van der Waals surface area contributed by atoms with Gasteiger partial charge in [0.1, 0.15) is 0 Å². The highest BCUT2D eigenvalue weighted by Crippen LogP contribution is 2.60. The summed E-state index contributed by atoms with van der Waals surface area (Å²) in [4.78, 5) is 0. The zero-order valence-corrected chi connectivity index (χ0v) is 12.4. The molecule has 0 spiro atoms. The Hall–Kier alpha value is 1.27. The van der Waals surface area contributed by atoms with E-state index in [1.165, 1.54) is 0 Å². The van der Waals surface area contributed by atoms with Crippen LogP contribution in [0.15, 0.2) is 0 Å². The van der Waals surface area contributed by atoms with Crippen LogP contribution >= 0.6 is 28.8 Å². The number of hydrogen-bond donors (Lipinski definition) is 0. The molecule has 0 fully saturated rings. The topological polar surface area (TPSA) is 18.5 Å². The molecule has 0 N–H and O–H groups in total. The van der Waals surface area contributed by atoms with Crippen molar-refractivity contribution in [3.8, 4) is 0 Å². The summed E-state index contributed by atoms with van der Waals surface area (Å²) in [5, 5.41) is 0. The Labute approximate surface area is 101 Å². The first kappa shape index (κ1) is 15.3. The Morgan fingerprint density at radius 3 is 2.36 bits per heavy atom. The Kier molecular flexibility index (Phi) is 10.4. The average molecular weight is 274 g/mol. The predicted octanol–water partition coefficient (Wildman–Crippen LogP) is 3.77. The third kappa shape index (κ3) is 7.55. The van der Waals surface area contributed by atoms with Crippen LogP contribution in [0.2, 0.25) is 0 Å². The maximum atomic E-state index is 5.66. The van der Waals surface area contributed by atoms with Crippen molar-refractivity contribution < 1.29 is 9.05 Å². The minimum atomic E-state index is -2.02. The van der Waals surface area contributed by atoms with Crippen LogP contribution in [0.5, 0.6) is 0 Å². The number of thioether (sulfide) groups is 1. The normalized spacial score (nSPS) is 15.4. The maximum Gasteiger partial charge on any atom is 0.247 e. The third-order valence-corrected chi connectivity index (χ3v) is 7.70. The van der Waals surface area contributed by atoms with Crippen molar-refractivity contribution in [2.45, 2.75) is 20.8 Å². The van der Waals surface area contributed by atoms with E-state index in [-0.39, 0.29) is 0 Å². The van der Waals surface area contributed by atoms with Gasteiger partial charge in [0.15, 0.2) is 0 Å². The first-order valence-electron chi connectivity index (χ1n) is 4.79. The van der Waals surface area contributed by atoms with Crippen molar-refractivity contribution in [3.63, 3.8) is 0 Å². The molecule has 0 aromatic carbocycles. The van der Waals surface area contributed by atoms with E-state index in [2.05, 4.69) is 13.8 Å². The lowest BCUT2D eigenvalue weighted by molar-refractivity contribution is 0.282. The molecule has 0 aliphatic rings. The second-order valence-corrected chi connectivity index (χ2v) is 10.3. The fourth-order valence-electron chi connectivity index (χ4n) is 0.780. The van der Waals surface area contributed by atoms with Gasteiger partial charge >= 0.3 is 0 Å². The largest absolute Gasteiger partial charge is 0.322 e. The van der Waals surface area contributed by atoms with Gasteiger partial charge in [-0.2, -0.15) is 11.8 Å². The molecule has 1 unspecified atom stereocenters. The quantitative estimate of drug-likeness (QED) is 0.469. The molecule has 0 heterocycles. The van der Waals surface area contributed by atoms with Gasteiger partial charge in [0.25, 0.3) is 0 Å². The van der Waals surface area contributed by atoms with Gasteiger partial charge in [0.05, 0.1) is 13.2 Å². The Balaban J connectivity index is 3.78. The van der Waals surface area contributed by atoms with E-state index in [1.807, 2.05) is 18.7 Å². The molecule has 0 saturated carbocycles. The molecule has 0 aliphatic heterocycles. The van der Waals surface area contributed by atoms with Gasteiger partial charge in [0, 0.05) is 5.75 Å². The van der Waals surface area contributed by atoms with Crippen molar-refractivity contribution in [2.75, 3.05) is 30.5 Å². The molecule has 0 aromatic heterocycles. The molecule has 0 saturated heterocycles. The van der Waals surface area contributed by atoms with Crippen LogP contribution in [0.25, 0.3) is 0 Å². The summed E-state index contributed by atoms with van der Waals surface area (Å²) in [5.74, 6) is 3.09. The van der Waals surface area contributed by atoms with Gasteiger partial charge in [0.2, 0.25) is 5.69 Å². The van der Waals surface area contributed by atoms with Crippen LogP contribution in [0, 0.1) is 0 Å². The minimum Gasteiger partial charge on any atom is -0.322 e. The van der Waals surface area contributed by atoms with Crippen molar-refractivity contribution >= 4 is 40.6 Å². The van der Waals surface area contributed by atoms with E-state index in [0.29, 0.717) is 13.2 Å². The lowest BCUT2D eigenvalue weighted by Gasteiger charge is -2.19. The Bertz CT molecular complexity index is 168. The number of rotatable bonds is 9. The highest BCUT2D eigenvalue weighted by Gasteiger charge is 2.17. The summed E-state index contributed by atoms with van der Waals surface area (Å²) in [7, 11) is 0. The molecule has 86 valence electrons. The van der Waals surface area contributed by atoms with E-state index >= 15 is 0 Å². The van der Waals surface area contributed by atoms with Crippen LogP contribution in [0.1, 0.15) is 20.8 Å². The highest BCUT2D eigenvalue weighted by atomic mass is 32.9. The van der Waals surface area contributed by atoms with Crippen molar-refractivity contribution in [1.29, 1.82) is 0 Å². The molecule has 0 bridgehead atoms. The van der Waals surface area contributed by atoms with E-state index < -0.39 is 5.69 Å². The van der Waals surface area contributed by atoms with Gasteiger partial charge in [-0.15, -0.1) is 0 Å². The molecule has 14 heavy (non-hydrogen) atoms. The summed E-state index contributed by atoms with van der Waals surface area (Å²) in [6.45, 7) is 7.54. The Morgan fingerprint density at radius 1 is 1.14 bits per heavy atom. The molecule has 2 nitrogen and oxygen atoms in total. The number of hydrogen-bond acceptors (Lipinski definition) is 5. The zero-order chi connectivity index (χ0) is 10.9. The highest BCUT2D eigenvalue weighted by molar-refractivity contribution is 8.67. The molecule has 1 atom stereocenters. The predicted molar refractivity (Wildman–Crippen MR) is 73.0 cm³/mol. The van der Waals surface area contributed by atoms with Gasteiger partial charge < -0.3 is 9.05 Å². The Morgan fingerprint density at radius 2 is 1.86 bits per heavy atom. The van der Waals surface area contributed by atoms with Crippen LogP contribution in [0.3, 0.4) is 0 Å². The van der Waals surface area contributed by atoms with E-state index in [4.69, 9.17) is 20.9 Å². The summed E-state index contributed by atoms with van der Waals surface area (Å²) >= 11 is 8.87. The van der Waals surface area contributed by atoms with Gasteiger partial charge in [-0.05, 0) is 30.2 Å². The summed E-state index contributed by atoms with van der Waals surface area (Å²) in [6.07, 6.45) is 0. The monoisotopic (exact) mass is 274 g/mol. The van der Waals surface area contributed by atoms with Crippen LogP contribution in [-0.4, -0.2) is 30.5 Å². The maximum absolute atomic E-state index is 5.66. The molecule has 6 heteroatoms. The zero-order valence-electron chi connectivity index (χ0n) is 9.02. The molecular formula is C8H19O2PS3. The molecule has 0 amide bonds. The summed E-state index contributed by atoms with van der Waals surface area (Å²) < 4.78 is 11.2. The van der Waals surface area contributed by atoms with Crippen molar-refractivity contribution in [2.24, 2.45) is 0 Å². The second kappa shape index (κ2) is 9.49. The van der Waals surface area contributed by atoms with E-state index in [0.717, 1.165) is 17.3 Å². The van der Waals surface area contributed by atoms with Crippen LogP contribution in [-0.2, 0) is 20.9 Å². The van der Waals surface area contributed by atoms with Crippen LogP contribution in [0.4, 0.5) is 0 Å². The molecule has 0 rings (SSSR count). The van der Waals surface area contributed by atoms with E-state index in [1.54, 1.807) is 11.4 Å². The third-order valence-electron chi connectivity index (χ3n) is 1.26. The first-order chi connectivity index (χ1) is 6.68. The molecule has 0 aliphatic carbocycles. The van der Waals surface area contributed by atoms with Crippen LogP contribution < -0.4 is 0 Å². The summed E-state index contributed by atoms with van der Waals surface area (Å²) in [5.41, 5.74) is -2.02. The molecule has 0 radical (unpaired) electrons. The fraction of sp³-hybridized carbons (Fsp3) is 1.00. The second-order valence-electron chi connectivity index (χ2n) is 2.31. The fourth-order valence-corrected chi connectivity index (χ4v) is 5.99. The first-order valence-corrected chi connectivity index (χ1v) is 10.2. The standard InChI is InChI=1S/C8H19O2PS3/c1-4-9-11(12,14-6-3)10-7-8-13-5-2/h4-8H2,1-3H3. The SMILES string of the molecule is CCOP(=S)(OCCSCC)SCC. The van der Waals surface area contributed by atoms with Gasteiger partial charge in [-0.3, -0.25) is 0 Å². The smallest absolute Gasteiger partial charge is 0.247 e. The lowest BCUT2D eigenvalue weighted by Crippen LogP contribution is -1.97.